The molecule has 3 rings (SSSR count). The van der Waals surface area contributed by atoms with Crippen LogP contribution in [-0.2, 0) is 9.59 Å². The van der Waals surface area contributed by atoms with Crippen LogP contribution < -0.4 is 0 Å². The highest BCUT2D eigenvalue weighted by molar-refractivity contribution is 6.83. The van der Waals surface area contributed by atoms with Crippen molar-refractivity contribution in [3.05, 3.63) is 46.5 Å². The van der Waals surface area contributed by atoms with Crippen molar-refractivity contribution >= 4 is 19.6 Å². The summed E-state index contributed by atoms with van der Waals surface area (Å²) >= 11 is 0. The van der Waals surface area contributed by atoms with E-state index in [1.54, 1.807) is 18.2 Å². The summed E-state index contributed by atoms with van der Waals surface area (Å²) in [7, 11) is -1.70. The van der Waals surface area contributed by atoms with Gasteiger partial charge >= 0.3 is 0 Å². The monoisotopic (exact) mass is 402 g/mol. The lowest BCUT2D eigenvalue weighted by atomic mass is 9.46. The Morgan fingerprint density at radius 1 is 1.21 bits per heavy atom. The molecule has 0 aromatic rings. The molecule has 0 amide bonds. The van der Waals surface area contributed by atoms with E-state index in [9.17, 15) is 14.9 Å². The minimum absolute atomic E-state index is 0.0362. The minimum atomic E-state index is -1.70. The van der Waals surface area contributed by atoms with Gasteiger partial charge in [0.15, 0.2) is 11.6 Å². The molecule has 0 saturated heterocycles. The van der Waals surface area contributed by atoms with Crippen LogP contribution in [0.25, 0.3) is 4.85 Å². The number of hydrogen-bond acceptors (Lipinski definition) is 3. The summed E-state index contributed by atoms with van der Waals surface area (Å²) in [6.45, 7) is 19.8. The third-order valence-electron chi connectivity index (χ3n) is 6.57. The van der Waals surface area contributed by atoms with Crippen molar-refractivity contribution < 1.29 is 9.59 Å². The van der Waals surface area contributed by atoms with Gasteiger partial charge in [-0.05, 0) is 36.5 Å². The number of nitrogens with zero attached hydrogens (tertiary/aromatic N) is 2. The van der Waals surface area contributed by atoms with Gasteiger partial charge in [-0.25, -0.2) is 4.85 Å². The molecular formula is C24H26N2O2Si. The van der Waals surface area contributed by atoms with Crippen LogP contribution in [0.3, 0.4) is 0 Å². The second-order valence-electron chi connectivity index (χ2n) is 10.1. The van der Waals surface area contributed by atoms with Crippen molar-refractivity contribution in [3.8, 4) is 17.5 Å². The average molecular weight is 403 g/mol. The Labute approximate surface area is 174 Å². The summed E-state index contributed by atoms with van der Waals surface area (Å²) in [6, 6.07) is 2.03. The van der Waals surface area contributed by atoms with Crippen molar-refractivity contribution in [1.82, 2.24) is 0 Å². The average Bonchev–Trinajstić information content (AvgIpc) is 2.63. The van der Waals surface area contributed by atoms with Gasteiger partial charge in [-0.15, -0.1) is 5.54 Å². The van der Waals surface area contributed by atoms with Gasteiger partial charge in [0.05, 0.1) is 17.6 Å². The predicted octanol–water partition coefficient (Wildman–Crippen LogP) is 4.64. The fraction of sp³-hybridized carbons (Fsp3) is 0.500. The van der Waals surface area contributed by atoms with Crippen LogP contribution in [-0.4, -0.2) is 19.6 Å². The summed E-state index contributed by atoms with van der Waals surface area (Å²) in [4.78, 5) is 29.1. The summed E-state index contributed by atoms with van der Waals surface area (Å²) in [5.74, 6) is 2.98. The lowest BCUT2D eigenvalue weighted by molar-refractivity contribution is -0.130. The van der Waals surface area contributed by atoms with Gasteiger partial charge < -0.3 is 4.79 Å². The Bertz CT molecular complexity index is 1060. The van der Waals surface area contributed by atoms with E-state index >= 15 is 0 Å². The highest BCUT2D eigenvalue weighted by atomic mass is 28.3. The second kappa shape index (κ2) is 6.41. The molecule has 148 valence electrons. The molecule has 3 aliphatic rings. The number of carbonyl (C=O) groups excluding carboxylic acids is 2. The number of nitriles is 1. The smallest absolute Gasteiger partial charge is 0.226 e. The van der Waals surface area contributed by atoms with Crippen molar-refractivity contribution in [2.45, 2.75) is 53.3 Å². The van der Waals surface area contributed by atoms with Gasteiger partial charge in [-0.1, -0.05) is 52.4 Å². The van der Waals surface area contributed by atoms with Gasteiger partial charge in [-0.3, -0.25) is 4.79 Å². The third kappa shape index (κ3) is 3.13. The summed E-state index contributed by atoms with van der Waals surface area (Å²) < 4.78 is 0. The molecule has 0 spiro atoms. The number of hydrogen-bond donors (Lipinski definition) is 0. The van der Waals surface area contributed by atoms with Crippen LogP contribution in [0.5, 0.6) is 0 Å². The van der Waals surface area contributed by atoms with Crippen molar-refractivity contribution in [2.75, 3.05) is 0 Å². The van der Waals surface area contributed by atoms with E-state index in [0.29, 0.717) is 6.42 Å². The van der Waals surface area contributed by atoms with E-state index < -0.39 is 24.3 Å². The molecule has 0 aromatic heterocycles. The fourth-order valence-corrected chi connectivity index (χ4v) is 5.80. The van der Waals surface area contributed by atoms with Crippen molar-refractivity contribution in [2.24, 2.45) is 22.2 Å². The van der Waals surface area contributed by atoms with E-state index in [1.165, 1.54) is 0 Å². The predicted molar refractivity (Wildman–Crippen MR) is 115 cm³/mol. The standard InChI is InChI=1S/C24H26N2O2Si/c1-22(2)19-8-9-24(10-11-29(5,6)7)13-16(15-25)18(27)12-20(24)23(19,3)14-17(26-4)21(22)28/h12-14,19H,8-9H2,1-3,5-7H3. The zero-order chi connectivity index (χ0) is 21.8. The van der Waals surface area contributed by atoms with E-state index in [4.69, 9.17) is 6.57 Å². The zero-order valence-electron chi connectivity index (χ0n) is 17.9. The molecule has 3 atom stereocenters. The zero-order valence-corrected chi connectivity index (χ0v) is 18.9. The minimum Gasteiger partial charge on any atom is -0.307 e. The molecule has 4 nitrogen and oxygen atoms in total. The Balaban J connectivity index is 2.32. The van der Waals surface area contributed by atoms with Gasteiger partial charge in [-0.2, -0.15) is 5.26 Å². The number of allylic oxidation sites excluding steroid dienone is 6. The molecule has 29 heavy (non-hydrogen) atoms. The Hall–Kier alpha value is -2.68. The normalized spacial score (nSPS) is 32.8. The maximum atomic E-state index is 12.9. The first kappa shape index (κ1) is 21.0. The maximum absolute atomic E-state index is 12.9. The molecule has 3 aliphatic carbocycles. The molecule has 0 bridgehead atoms. The van der Waals surface area contributed by atoms with Crippen LogP contribution in [0, 0.1) is 51.5 Å². The molecule has 5 heteroatoms. The van der Waals surface area contributed by atoms with Crippen LogP contribution >= 0.6 is 0 Å². The Morgan fingerprint density at radius 2 is 1.86 bits per heavy atom. The van der Waals surface area contributed by atoms with Crippen LogP contribution in [0.1, 0.15) is 33.6 Å². The van der Waals surface area contributed by atoms with Crippen LogP contribution in [0.2, 0.25) is 19.6 Å². The fourth-order valence-electron chi connectivity index (χ4n) is 5.20. The molecule has 0 heterocycles. The second-order valence-corrected chi connectivity index (χ2v) is 14.9. The van der Waals surface area contributed by atoms with E-state index in [1.807, 2.05) is 26.8 Å². The lowest BCUT2D eigenvalue weighted by Crippen LogP contribution is -2.53. The lowest BCUT2D eigenvalue weighted by Gasteiger charge is -2.56. The molecule has 3 unspecified atom stereocenters. The number of fused-ring (bicyclic) bond motifs is 3. The topological polar surface area (TPSA) is 62.3 Å². The summed E-state index contributed by atoms with van der Waals surface area (Å²) in [6.07, 6.45) is 6.46. The van der Waals surface area contributed by atoms with E-state index in [0.717, 1.165) is 12.0 Å². The molecule has 1 fully saturated rings. The molecule has 0 aliphatic heterocycles. The SMILES string of the molecule is [C-]#[N+]C1=CC2(C)C3=CC(=O)C(C#N)=CC3(C#C[Si](C)(C)C)CCC2C(C)(C)C1=O. The number of ketones is 2. The maximum Gasteiger partial charge on any atom is 0.226 e. The summed E-state index contributed by atoms with van der Waals surface area (Å²) in [5.41, 5.74) is 2.48. The number of carbonyl (C=O) groups is 2. The van der Waals surface area contributed by atoms with Gasteiger partial charge in [0.2, 0.25) is 5.70 Å². The molecule has 0 N–H and O–H groups in total. The van der Waals surface area contributed by atoms with Crippen LogP contribution in [0.15, 0.2) is 35.1 Å². The van der Waals surface area contributed by atoms with E-state index in [2.05, 4.69) is 36.0 Å². The number of rotatable bonds is 0. The largest absolute Gasteiger partial charge is 0.307 e. The Morgan fingerprint density at radius 3 is 2.41 bits per heavy atom. The van der Waals surface area contributed by atoms with Gasteiger partial charge in [0, 0.05) is 10.8 Å². The molecule has 0 radical (unpaired) electrons. The highest BCUT2D eigenvalue weighted by Gasteiger charge is 2.59. The van der Waals surface area contributed by atoms with Crippen molar-refractivity contribution in [1.29, 1.82) is 5.26 Å². The first-order valence-electron chi connectivity index (χ1n) is 9.90. The van der Waals surface area contributed by atoms with Gasteiger partial charge in [0.25, 0.3) is 0 Å². The number of Topliss-reactive ketones (excluding diaryl/α,β-unsaturated/α-hetero) is 1. The third-order valence-corrected chi connectivity index (χ3v) is 7.45. The molecular weight excluding hydrogens is 376 g/mol. The molecule has 0 aromatic carbocycles. The summed E-state index contributed by atoms with van der Waals surface area (Å²) in [5, 5.41) is 9.48. The van der Waals surface area contributed by atoms with Gasteiger partial charge in [0.1, 0.15) is 14.1 Å². The highest BCUT2D eigenvalue weighted by Crippen LogP contribution is 2.63. The van der Waals surface area contributed by atoms with Crippen LogP contribution in [0.4, 0.5) is 0 Å². The van der Waals surface area contributed by atoms with Crippen molar-refractivity contribution in [3.63, 3.8) is 0 Å². The first-order valence-corrected chi connectivity index (χ1v) is 13.4. The quantitative estimate of drug-likeness (QED) is 0.337. The Kier molecular flexibility index (Phi) is 4.65. The first-order chi connectivity index (χ1) is 13.3. The van der Waals surface area contributed by atoms with E-state index in [-0.39, 0.29) is 28.8 Å². The molecule has 1 saturated carbocycles.